The molecule has 20 heavy (non-hydrogen) atoms. The predicted molar refractivity (Wildman–Crippen MR) is 79.5 cm³/mol. The molecule has 0 fully saturated rings. The molecule has 0 saturated carbocycles. The summed E-state index contributed by atoms with van der Waals surface area (Å²) in [7, 11) is 0. The zero-order valence-electron chi connectivity index (χ0n) is 11.2. The standard InChI is InChI=1S/C14H16ClFN4/c1-2-5-17-13-7-14(20-9-19-13)18-8-10-3-4-12(16)11(15)6-10/h3-4,6-7,9H,2,5,8H2,1H3,(H2,17,18,19,20). The van der Waals surface area contributed by atoms with Crippen molar-refractivity contribution < 1.29 is 4.39 Å². The van der Waals surface area contributed by atoms with Crippen LogP contribution in [0.2, 0.25) is 5.02 Å². The number of benzene rings is 1. The minimum Gasteiger partial charge on any atom is -0.370 e. The molecule has 0 radical (unpaired) electrons. The molecule has 0 aliphatic carbocycles. The lowest BCUT2D eigenvalue weighted by Gasteiger charge is -2.08. The van der Waals surface area contributed by atoms with Gasteiger partial charge in [0.15, 0.2) is 0 Å². The lowest BCUT2D eigenvalue weighted by Crippen LogP contribution is -2.05. The van der Waals surface area contributed by atoms with Gasteiger partial charge in [-0.2, -0.15) is 0 Å². The highest BCUT2D eigenvalue weighted by atomic mass is 35.5. The van der Waals surface area contributed by atoms with Gasteiger partial charge in [-0.05, 0) is 24.1 Å². The third-order valence-corrected chi connectivity index (χ3v) is 2.97. The van der Waals surface area contributed by atoms with Gasteiger partial charge < -0.3 is 10.6 Å². The molecule has 0 atom stereocenters. The Kier molecular flexibility index (Phi) is 5.12. The van der Waals surface area contributed by atoms with Crippen LogP contribution in [0.15, 0.2) is 30.6 Å². The molecule has 0 spiro atoms. The summed E-state index contributed by atoms with van der Waals surface area (Å²) in [5, 5.41) is 6.46. The highest BCUT2D eigenvalue weighted by Crippen LogP contribution is 2.17. The second kappa shape index (κ2) is 7.05. The van der Waals surface area contributed by atoms with Crippen molar-refractivity contribution in [3.63, 3.8) is 0 Å². The average molecular weight is 295 g/mol. The molecule has 4 nitrogen and oxygen atoms in total. The summed E-state index contributed by atoms with van der Waals surface area (Å²) in [6.45, 7) is 3.47. The van der Waals surface area contributed by atoms with Crippen LogP contribution in [0.1, 0.15) is 18.9 Å². The highest BCUT2D eigenvalue weighted by molar-refractivity contribution is 6.30. The quantitative estimate of drug-likeness (QED) is 0.853. The molecule has 1 aromatic heterocycles. The third-order valence-electron chi connectivity index (χ3n) is 2.68. The zero-order valence-corrected chi connectivity index (χ0v) is 11.9. The fraction of sp³-hybridized carbons (Fsp3) is 0.286. The molecule has 0 saturated heterocycles. The number of halogens is 2. The summed E-state index contributed by atoms with van der Waals surface area (Å²) >= 11 is 5.74. The monoisotopic (exact) mass is 294 g/mol. The molecule has 0 unspecified atom stereocenters. The van der Waals surface area contributed by atoms with E-state index in [0.717, 1.165) is 24.3 Å². The average Bonchev–Trinajstić information content (AvgIpc) is 2.47. The molecule has 0 aliphatic heterocycles. The molecule has 1 heterocycles. The van der Waals surface area contributed by atoms with Crippen LogP contribution in [-0.2, 0) is 6.54 Å². The topological polar surface area (TPSA) is 49.8 Å². The van der Waals surface area contributed by atoms with Crippen molar-refractivity contribution in [3.8, 4) is 0 Å². The van der Waals surface area contributed by atoms with Crippen molar-refractivity contribution in [2.45, 2.75) is 19.9 Å². The van der Waals surface area contributed by atoms with E-state index in [4.69, 9.17) is 11.6 Å². The molecule has 0 bridgehead atoms. The maximum atomic E-state index is 13.1. The summed E-state index contributed by atoms with van der Waals surface area (Å²) in [6, 6.07) is 6.47. The molecule has 0 aliphatic rings. The van der Waals surface area contributed by atoms with E-state index in [0.29, 0.717) is 12.4 Å². The van der Waals surface area contributed by atoms with Gasteiger partial charge in [-0.3, -0.25) is 0 Å². The second-order valence-electron chi connectivity index (χ2n) is 4.32. The fourth-order valence-electron chi connectivity index (χ4n) is 1.65. The number of aromatic nitrogens is 2. The molecule has 2 N–H and O–H groups in total. The molecule has 0 amide bonds. The Morgan fingerprint density at radius 2 is 1.90 bits per heavy atom. The van der Waals surface area contributed by atoms with Crippen molar-refractivity contribution in [3.05, 3.63) is 47.0 Å². The van der Waals surface area contributed by atoms with Crippen LogP contribution in [0.5, 0.6) is 0 Å². The van der Waals surface area contributed by atoms with E-state index >= 15 is 0 Å². The lowest BCUT2D eigenvalue weighted by molar-refractivity contribution is 0.627. The highest BCUT2D eigenvalue weighted by Gasteiger charge is 2.02. The number of nitrogens with one attached hydrogen (secondary N) is 2. The molecule has 2 rings (SSSR count). The summed E-state index contributed by atoms with van der Waals surface area (Å²) in [4.78, 5) is 8.26. The fourth-order valence-corrected chi connectivity index (χ4v) is 1.85. The Hall–Kier alpha value is -1.88. The van der Waals surface area contributed by atoms with Gasteiger partial charge >= 0.3 is 0 Å². The summed E-state index contributed by atoms with van der Waals surface area (Å²) in [6.07, 6.45) is 2.53. The number of hydrogen-bond donors (Lipinski definition) is 2. The van der Waals surface area contributed by atoms with Crippen LogP contribution < -0.4 is 10.6 Å². The summed E-state index contributed by atoms with van der Waals surface area (Å²) < 4.78 is 13.1. The van der Waals surface area contributed by atoms with Gasteiger partial charge in [0, 0.05) is 19.2 Å². The molecular weight excluding hydrogens is 279 g/mol. The van der Waals surface area contributed by atoms with E-state index in [1.54, 1.807) is 12.1 Å². The van der Waals surface area contributed by atoms with Crippen molar-refractivity contribution >= 4 is 23.2 Å². The largest absolute Gasteiger partial charge is 0.370 e. The normalized spacial score (nSPS) is 10.3. The van der Waals surface area contributed by atoms with Crippen LogP contribution in [0.3, 0.4) is 0 Å². The Bertz CT molecular complexity index is 577. The smallest absolute Gasteiger partial charge is 0.141 e. The van der Waals surface area contributed by atoms with E-state index in [-0.39, 0.29) is 5.02 Å². The second-order valence-corrected chi connectivity index (χ2v) is 4.72. The number of nitrogens with zero attached hydrogens (tertiary/aromatic N) is 2. The van der Waals surface area contributed by atoms with Crippen LogP contribution in [0.4, 0.5) is 16.0 Å². The van der Waals surface area contributed by atoms with Gasteiger partial charge in [0.25, 0.3) is 0 Å². The predicted octanol–water partition coefficient (Wildman–Crippen LogP) is 3.70. The molecule has 2 aromatic rings. The van der Waals surface area contributed by atoms with Crippen molar-refractivity contribution in [2.24, 2.45) is 0 Å². The molecular formula is C14H16ClFN4. The molecule has 1 aromatic carbocycles. The number of rotatable bonds is 6. The Morgan fingerprint density at radius 3 is 2.60 bits per heavy atom. The first-order valence-electron chi connectivity index (χ1n) is 6.42. The minimum absolute atomic E-state index is 0.122. The maximum Gasteiger partial charge on any atom is 0.141 e. The number of hydrogen-bond acceptors (Lipinski definition) is 4. The van der Waals surface area contributed by atoms with Gasteiger partial charge in [-0.15, -0.1) is 0 Å². The summed E-state index contributed by atoms with van der Waals surface area (Å²) in [5.74, 6) is 1.07. The third kappa shape index (κ3) is 4.06. The summed E-state index contributed by atoms with van der Waals surface area (Å²) in [5.41, 5.74) is 0.887. The minimum atomic E-state index is -0.413. The van der Waals surface area contributed by atoms with E-state index in [1.165, 1.54) is 12.4 Å². The van der Waals surface area contributed by atoms with Gasteiger partial charge in [0.1, 0.15) is 23.8 Å². The van der Waals surface area contributed by atoms with Gasteiger partial charge in [-0.25, -0.2) is 14.4 Å². The SMILES string of the molecule is CCCNc1cc(NCc2ccc(F)c(Cl)c2)ncn1. The molecule has 106 valence electrons. The van der Waals surface area contributed by atoms with Crippen LogP contribution in [-0.4, -0.2) is 16.5 Å². The molecule has 6 heteroatoms. The van der Waals surface area contributed by atoms with Crippen LogP contribution >= 0.6 is 11.6 Å². The Labute approximate surface area is 122 Å². The van der Waals surface area contributed by atoms with Crippen LogP contribution in [0, 0.1) is 5.82 Å². The van der Waals surface area contributed by atoms with Crippen molar-refractivity contribution in [1.82, 2.24) is 9.97 Å². The zero-order chi connectivity index (χ0) is 14.4. The maximum absolute atomic E-state index is 13.1. The van der Waals surface area contributed by atoms with Crippen molar-refractivity contribution in [2.75, 3.05) is 17.2 Å². The van der Waals surface area contributed by atoms with E-state index in [1.807, 2.05) is 6.07 Å². The first-order valence-corrected chi connectivity index (χ1v) is 6.80. The van der Waals surface area contributed by atoms with Crippen LogP contribution in [0.25, 0.3) is 0 Å². The van der Waals surface area contributed by atoms with Gasteiger partial charge in [0.05, 0.1) is 5.02 Å². The lowest BCUT2D eigenvalue weighted by atomic mass is 10.2. The first kappa shape index (κ1) is 14.5. The van der Waals surface area contributed by atoms with E-state index < -0.39 is 5.82 Å². The van der Waals surface area contributed by atoms with E-state index in [9.17, 15) is 4.39 Å². The number of anilines is 2. The Balaban J connectivity index is 1.97. The first-order chi connectivity index (χ1) is 9.69. The van der Waals surface area contributed by atoms with Gasteiger partial charge in [-0.1, -0.05) is 24.6 Å². The van der Waals surface area contributed by atoms with E-state index in [2.05, 4.69) is 27.5 Å². The van der Waals surface area contributed by atoms with Crippen molar-refractivity contribution in [1.29, 1.82) is 0 Å². The van der Waals surface area contributed by atoms with Gasteiger partial charge in [0.2, 0.25) is 0 Å². The Morgan fingerprint density at radius 1 is 1.15 bits per heavy atom.